The second-order valence-electron chi connectivity index (χ2n) is 16.1. The number of nitrogens with zero attached hydrogens (tertiary/aromatic N) is 6. The molecule has 3 aromatic rings. The summed E-state index contributed by atoms with van der Waals surface area (Å²) in [6.45, 7) is 6.49. The quantitative estimate of drug-likeness (QED) is 0.255. The maximum absolute atomic E-state index is 15.2. The Morgan fingerprint density at radius 2 is 1.66 bits per heavy atom. The summed E-state index contributed by atoms with van der Waals surface area (Å²) in [5.41, 5.74) is 2.45. The minimum atomic E-state index is -0.561. The average molecular weight is 800 g/mol. The Kier molecular flexibility index (Phi) is 12.1. The predicted molar refractivity (Wildman–Crippen MR) is 214 cm³/mol. The van der Waals surface area contributed by atoms with Crippen LogP contribution in [0.3, 0.4) is 0 Å². The largest absolute Gasteiger partial charge is 0.374 e. The lowest BCUT2D eigenvalue weighted by molar-refractivity contribution is -0.138. The van der Waals surface area contributed by atoms with Crippen molar-refractivity contribution in [2.75, 3.05) is 86.0 Å². The van der Waals surface area contributed by atoms with Crippen LogP contribution in [0, 0.1) is 23.5 Å². The lowest BCUT2D eigenvalue weighted by Crippen LogP contribution is -2.50. The molecule has 16 heteroatoms. The third kappa shape index (κ3) is 9.23. The van der Waals surface area contributed by atoms with Gasteiger partial charge in [0.2, 0.25) is 23.7 Å². The molecule has 1 atom stereocenters. The van der Waals surface area contributed by atoms with Gasteiger partial charge in [0.1, 0.15) is 24.2 Å². The van der Waals surface area contributed by atoms with Crippen molar-refractivity contribution in [3.63, 3.8) is 0 Å². The molecule has 5 aliphatic rings. The Balaban J connectivity index is 0.755. The number of carbonyl (C=O) groups is 4. The molecule has 1 unspecified atom stereocenters. The zero-order valence-corrected chi connectivity index (χ0v) is 32.6. The number of piperidine rings is 2. The normalized spacial score (nSPS) is 23.8. The van der Waals surface area contributed by atoms with Gasteiger partial charge in [0.25, 0.3) is 5.91 Å². The van der Waals surface area contributed by atoms with Crippen molar-refractivity contribution in [1.29, 1.82) is 0 Å². The molecule has 0 radical (unpaired) electrons. The summed E-state index contributed by atoms with van der Waals surface area (Å²) in [7, 11) is 0. The van der Waals surface area contributed by atoms with E-state index in [0.717, 1.165) is 71.2 Å². The smallest absolute Gasteiger partial charge is 0.253 e. The van der Waals surface area contributed by atoms with Gasteiger partial charge in [0.05, 0.1) is 18.5 Å². The highest BCUT2D eigenvalue weighted by atomic mass is 19.1. The summed E-state index contributed by atoms with van der Waals surface area (Å²) in [6, 6.07) is 11.6. The Labute approximate surface area is 336 Å². The molecule has 5 heterocycles. The number of carbonyl (C=O) groups excluding carboxylic acids is 4. The fourth-order valence-corrected chi connectivity index (χ4v) is 8.93. The standard InChI is InChI=1S/C42H51F2N9O5/c43-33-23-31(46-35-9-11-37(54)48-40(35)56)8-10-36(33)51-18-16-50(17-19-51)25-27-12-14-52(15-13-27)41(57)28-4-6-30(7-5-28)47-42-45-24-34(44)39(49-42)29-2-1-3-32(22-29)53-20-21-58-26-38(53)55/h1-3,8,10,22-24,27-28,30,35,46H,4-7,9,11-21,25-26H2,(H,45,47,49)(H,48,54,56)/t28-,30-,35?. The number of imide groups is 1. The highest BCUT2D eigenvalue weighted by Gasteiger charge is 2.33. The number of hydrogen-bond acceptors (Lipinski definition) is 11. The number of hydrogen-bond donors (Lipinski definition) is 3. The predicted octanol–water partition coefficient (Wildman–Crippen LogP) is 4.03. The molecule has 14 nitrogen and oxygen atoms in total. The highest BCUT2D eigenvalue weighted by molar-refractivity contribution is 6.01. The lowest BCUT2D eigenvalue weighted by Gasteiger charge is -2.40. The number of amides is 4. The molecule has 0 spiro atoms. The second-order valence-corrected chi connectivity index (χ2v) is 16.1. The Bertz CT molecular complexity index is 2000. The van der Waals surface area contributed by atoms with E-state index in [0.29, 0.717) is 67.2 Å². The third-order valence-corrected chi connectivity index (χ3v) is 12.3. The van der Waals surface area contributed by atoms with E-state index in [2.05, 4.69) is 35.7 Å². The van der Waals surface area contributed by atoms with Crippen molar-refractivity contribution < 1.29 is 32.7 Å². The van der Waals surface area contributed by atoms with E-state index in [1.165, 1.54) is 12.3 Å². The number of piperazine rings is 1. The molecule has 5 fully saturated rings. The van der Waals surface area contributed by atoms with Crippen LogP contribution in [0.4, 0.5) is 31.8 Å². The topological polar surface area (TPSA) is 152 Å². The van der Waals surface area contributed by atoms with Gasteiger partial charge in [-0.25, -0.2) is 18.7 Å². The monoisotopic (exact) mass is 799 g/mol. The third-order valence-electron chi connectivity index (χ3n) is 12.3. The molecule has 4 saturated heterocycles. The van der Waals surface area contributed by atoms with Crippen LogP contribution >= 0.6 is 0 Å². The van der Waals surface area contributed by atoms with Gasteiger partial charge in [0.15, 0.2) is 5.82 Å². The van der Waals surface area contributed by atoms with Crippen molar-refractivity contribution in [1.82, 2.24) is 25.1 Å². The van der Waals surface area contributed by atoms with Crippen LogP contribution < -0.4 is 25.8 Å². The molecule has 8 rings (SSSR count). The molecule has 4 aliphatic heterocycles. The Hall–Kier alpha value is -5.22. The van der Waals surface area contributed by atoms with Crippen LogP contribution in [0.15, 0.2) is 48.7 Å². The molecule has 4 amide bonds. The second kappa shape index (κ2) is 17.7. The number of ether oxygens (including phenoxy) is 1. The summed E-state index contributed by atoms with van der Waals surface area (Å²) in [4.78, 5) is 66.4. The molecular weight excluding hydrogens is 749 g/mol. The SMILES string of the molecule is O=C1CCC(Nc2ccc(N3CCN(CC4CCN(C(=O)[C@H]5CC[C@H](Nc6ncc(F)c(-c7cccc(N8CCOCC8=O)c7)n6)CC5)CC4)CC3)c(F)c2)C(=O)N1. The zero-order chi connectivity index (χ0) is 40.2. The first kappa shape index (κ1) is 39.6. The van der Waals surface area contributed by atoms with Gasteiger partial charge in [-0.1, -0.05) is 12.1 Å². The van der Waals surface area contributed by atoms with E-state index in [-0.39, 0.29) is 60.1 Å². The van der Waals surface area contributed by atoms with E-state index in [1.54, 1.807) is 35.2 Å². The summed E-state index contributed by atoms with van der Waals surface area (Å²) in [6.07, 6.45) is 6.86. The molecule has 2 aromatic carbocycles. The summed E-state index contributed by atoms with van der Waals surface area (Å²) >= 11 is 0. The first-order valence-electron chi connectivity index (χ1n) is 20.6. The number of aromatic nitrogens is 2. The minimum Gasteiger partial charge on any atom is -0.374 e. The van der Waals surface area contributed by atoms with E-state index in [4.69, 9.17) is 4.74 Å². The van der Waals surface area contributed by atoms with Gasteiger partial charge in [-0.05, 0) is 81.2 Å². The summed E-state index contributed by atoms with van der Waals surface area (Å²) in [5, 5.41) is 8.74. The maximum Gasteiger partial charge on any atom is 0.253 e. The molecule has 0 bridgehead atoms. The van der Waals surface area contributed by atoms with E-state index < -0.39 is 11.9 Å². The Morgan fingerprint density at radius 3 is 2.40 bits per heavy atom. The van der Waals surface area contributed by atoms with Crippen LogP contribution in [-0.2, 0) is 23.9 Å². The van der Waals surface area contributed by atoms with Gasteiger partial charge in [-0.15, -0.1) is 0 Å². The fraction of sp³-hybridized carbons (Fsp3) is 0.524. The molecule has 58 heavy (non-hydrogen) atoms. The average Bonchev–Trinajstić information content (AvgIpc) is 3.23. The first-order valence-corrected chi connectivity index (χ1v) is 20.6. The van der Waals surface area contributed by atoms with E-state index >= 15 is 4.39 Å². The first-order chi connectivity index (χ1) is 28.2. The highest BCUT2D eigenvalue weighted by Crippen LogP contribution is 2.32. The number of benzene rings is 2. The van der Waals surface area contributed by atoms with Crippen LogP contribution in [0.2, 0.25) is 0 Å². The zero-order valence-electron chi connectivity index (χ0n) is 32.6. The van der Waals surface area contributed by atoms with Gasteiger partial charge in [0, 0.05) is 87.7 Å². The van der Waals surface area contributed by atoms with Crippen molar-refractivity contribution >= 4 is 46.6 Å². The number of morpholine rings is 1. The molecular formula is C42H51F2N9O5. The minimum absolute atomic E-state index is 0.0133. The number of nitrogens with one attached hydrogen (secondary N) is 3. The van der Waals surface area contributed by atoms with Crippen molar-refractivity contribution in [2.45, 2.75) is 63.5 Å². The van der Waals surface area contributed by atoms with E-state index in [9.17, 15) is 23.6 Å². The molecule has 3 N–H and O–H groups in total. The molecule has 1 aromatic heterocycles. The molecule has 1 saturated carbocycles. The summed E-state index contributed by atoms with van der Waals surface area (Å²) < 4.78 is 35.4. The van der Waals surface area contributed by atoms with Crippen molar-refractivity contribution in [3.05, 3.63) is 60.3 Å². The van der Waals surface area contributed by atoms with Gasteiger partial charge < -0.3 is 30.1 Å². The van der Waals surface area contributed by atoms with E-state index in [1.807, 2.05) is 11.0 Å². The summed E-state index contributed by atoms with van der Waals surface area (Å²) in [5.74, 6) is -0.624. The van der Waals surface area contributed by atoms with Crippen LogP contribution in [0.5, 0.6) is 0 Å². The number of anilines is 4. The van der Waals surface area contributed by atoms with Crippen LogP contribution in [0.1, 0.15) is 51.4 Å². The van der Waals surface area contributed by atoms with Crippen LogP contribution in [0.25, 0.3) is 11.3 Å². The lowest BCUT2D eigenvalue weighted by atomic mass is 9.84. The number of rotatable bonds is 10. The number of likely N-dealkylation sites (tertiary alicyclic amines) is 1. The van der Waals surface area contributed by atoms with Gasteiger partial charge in [-0.3, -0.25) is 29.4 Å². The van der Waals surface area contributed by atoms with Gasteiger partial charge in [-0.2, -0.15) is 0 Å². The van der Waals surface area contributed by atoms with Gasteiger partial charge >= 0.3 is 0 Å². The van der Waals surface area contributed by atoms with Crippen molar-refractivity contribution in [3.8, 4) is 11.3 Å². The van der Waals surface area contributed by atoms with Crippen LogP contribution in [-0.4, -0.2) is 121 Å². The number of halogens is 2. The fourth-order valence-electron chi connectivity index (χ4n) is 8.93. The van der Waals surface area contributed by atoms with Crippen molar-refractivity contribution in [2.24, 2.45) is 11.8 Å². The Morgan fingerprint density at radius 1 is 0.862 bits per heavy atom. The maximum atomic E-state index is 15.2. The molecule has 1 aliphatic carbocycles. The molecule has 308 valence electrons.